The lowest BCUT2D eigenvalue weighted by atomic mass is 9.90. The van der Waals surface area contributed by atoms with E-state index in [0.717, 1.165) is 42.6 Å². The molecule has 1 heterocycles. The molecule has 0 aliphatic carbocycles. The molecule has 132 valence electrons. The van der Waals surface area contributed by atoms with E-state index in [1.807, 2.05) is 12.1 Å². The van der Waals surface area contributed by atoms with Crippen LogP contribution in [-0.2, 0) is 17.0 Å². The second kappa shape index (κ2) is 9.44. The molecule has 1 aliphatic rings. The van der Waals surface area contributed by atoms with Gasteiger partial charge in [0.15, 0.2) is 0 Å². The molecule has 2 nitrogen and oxygen atoms in total. The summed E-state index contributed by atoms with van der Waals surface area (Å²) >= 11 is 5.27. The summed E-state index contributed by atoms with van der Waals surface area (Å²) in [6, 6.07) is 18.9. The monoisotopic (exact) mass is 417 g/mol. The topological polar surface area (TPSA) is 20.3 Å². The Morgan fingerprint density at radius 1 is 1.04 bits per heavy atom. The summed E-state index contributed by atoms with van der Waals surface area (Å²) in [6.07, 6.45) is 3.38. The highest BCUT2D eigenvalue weighted by molar-refractivity contribution is 9.10. The standard InChI is InChI=1S/C21H24BrNOS/c22-20-9-5-4-8-19(20)15-25-16-21(24)23-12-10-18(11-13-23)14-17-6-2-1-3-7-17/h1-9,18H,10-16H2. The van der Waals surface area contributed by atoms with Gasteiger partial charge in [-0.25, -0.2) is 0 Å². The van der Waals surface area contributed by atoms with Crippen LogP contribution in [0, 0.1) is 5.92 Å². The van der Waals surface area contributed by atoms with Gasteiger partial charge < -0.3 is 4.90 Å². The Morgan fingerprint density at radius 2 is 1.72 bits per heavy atom. The Bertz CT molecular complexity index is 683. The van der Waals surface area contributed by atoms with Crippen molar-refractivity contribution in [2.45, 2.75) is 25.0 Å². The Kier molecular flexibility index (Phi) is 7.00. The second-order valence-electron chi connectivity index (χ2n) is 6.60. The van der Waals surface area contributed by atoms with Crippen molar-refractivity contribution < 1.29 is 4.79 Å². The van der Waals surface area contributed by atoms with E-state index in [1.54, 1.807) is 11.8 Å². The van der Waals surface area contributed by atoms with Gasteiger partial charge in [-0.1, -0.05) is 64.5 Å². The minimum atomic E-state index is 0.287. The number of halogens is 1. The van der Waals surface area contributed by atoms with Crippen molar-refractivity contribution in [1.82, 2.24) is 4.90 Å². The summed E-state index contributed by atoms with van der Waals surface area (Å²) in [4.78, 5) is 14.5. The molecule has 1 saturated heterocycles. The zero-order chi connectivity index (χ0) is 17.5. The van der Waals surface area contributed by atoms with Gasteiger partial charge >= 0.3 is 0 Å². The molecule has 0 unspecified atom stereocenters. The van der Waals surface area contributed by atoms with Crippen molar-refractivity contribution >= 4 is 33.6 Å². The van der Waals surface area contributed by atoms with E-state index in [1.165, 1.54) is 11.1 Å². The molecule has 0 atom stereocenters. The SMILES string of the molecule is O=C(CSCc1ccccc1Br)N1CCC(Cc2ccccc2)CC1. The van der Waals surface area contributed by atoms with Gasteiger partial charge in [0.1, 0.15) is 0 Å². The van der Waals surface area contributed by atoms with Crippen molar-refractivity contribution in [3.63, 3.8) is 0 Å². The van der Waals surface area contributed by atoms with Crippen LogP contribution in [0.1, 0.15) is 24.0 Å². The average Bonchev–Trinajstić information content (AvgIpc) is 2.65. The molecule has 1 aliphatic heterocycles. The van der Waals surface area contributed by atoms with Crippen LogP contribution in [0.25, 0.3) is 0 Å². The summed E-state index contributed by atoms with van der Waals surface area (Å²) in [6.45, 7) is 1.82. The summed E-state index contributed by atoms with van der Waals surface area (Å²) in [5, 5.41) is 0. The Labute approximate surface area is 163 Å². The van der Waals surface area contributed by atoms with Gasteiger partial charge in [-0.3, -0.25) is 4.79 Å². The molecule has 2 aromatic carbocycles. The number of hydrogen-bond donors (Lipinski definition) is 0. The van der Waals surface area contributed by atoms with Crippen LogP contribution in [0.2, 0.25) is 0 Å². The fourth-order valence-electron chi connectivity index (χ4n) is 3.29. The molecular weight excluding hydrogens is 394 g/mol. The number of nitrogens with zero attached hydrogens (tertiary/aromatic N) is 1. The minimum absolute atomic E-state index is 0.287. The minimum Gasteiger partial charge on any atom is -0.342 e. The average molecular weight is 418 g/mol. The first-order valence-electron chi connectivity index (χ1n) is 8.85. The summed E-state index contributed by atoms with van der Waals surface area (Å²) < 4.78 is 1.12. The molecule has 0 aromatic heterocycles. The number of benzene rings is 2. The van der Waals surface area contributed by atoms with Gasteiger partial charge in [0.05, 0.1) is 5.75 Å². The second-order valence-corrected chi connectivity index (χ2v) is 8.44. The fraction of sp³-hybridized carbons (Fsp3) is 0.381. The first-order chi connectivity index (χ1) is 12.2. The van der Waals surface area contributed by atoms with E-state index in [9.17, 15) is 4.79 Å². The third-order valence-corrected chi connectivity index (χ3v) is 6.52. The van der Waals surface area contributed by atoms with Crippen LogP contribution in [0.3, 0.4) is 0 Å². The molecule has 0 bridgehead atoms. The van der Waals surface area contributed by atoms with Crippen LogP contribution in [0.4, 0.5) is 0 Å². The molecule has 0 N–H and O–H groups in total. The van der Waals surface area contributed by atoms with E-state index in [0.29, 0.717) is 11.7 Å². The maximum Gasteiger partial charge on any atom is 0.232 e. The molecular formula is C21H24BrNOS. The lowest BCUT2D eigenvalue weighted by Gasteiger charge is -2.32. The largest absolute Gasteiger partial charge is 0.342 e. The predicted molar refractivity (Wildman–Crippen MR) is 110 cm³/mol. The number of piperidine rings is 1. The number of carbonyl (C=O) groups excluding carboxylic acids is 1. The highest BCUT2D eigenvalue weighted by atomic mass is 79.9. The number of rotatable bonds is 6. The summed E-state index contributed by atoms with van der Waals surface area (Å²) in [5.74, 6) is 2.44. The van der Waals surface area contributed by atoms with Gasteiger partial charge in [-0.05, 0) is 42.4 Å². The molecule has 3 rings (SSSR count). The number of thioether (sulfide) groups is 1. The first kappa shape index (κ1) is 18.5. The van der Waals surface area contributed by atoms with E-state index in [2.05, 4.69) is 63.3 Å². The van der Waals surface area contributed by atoms with Crippen molar-refractivity contribution in [3.8, 4) is 0 Å². The molecule has 1 fully saturated rings. The highest BCUT2D eigenvalue weighted by Gasteiger charge is 2.22. The molecule has 0 spiro atoms. The van der Waals surface area contributed by atoms with Gasteiger partial charge in [-0.2, -0.15) is 0 Å². The Morgan fingerprint density at radius 3 is 2.44 bits per heavy atom. The number of hydrogen-bond acceptors (Lipinski definition) is 2. The third-order valence-electron chi connectivity index (χ3n) is 4.78. The van der Waals surface area contributed by atoms with Gasteiger partial charge in [0, 0.05) is 23.3 Å². The van der Waals surface area contributed by atoms with Gasteiger partial charge in [-0.15, -0.1) is 11.8 Å². The van der Waals surface area contributed by atoms with Crippen molar-refractivity contribution in [2.75, 3.05) is 18.8 Å². The molecule has 2 aromatic rings. The predicted octanol–water partition coefficient (Wildman–Crippen LogP) is 5.16. The molecule has 25 heavy (non-hydrogen) atoms. The zero-order valence-corrected chi connectivity index (χ0v) is 16.8. The maximum absolute atomic E-state index is 12.4. The van der Waals surface area contributed by atoms with Crippen molar-refractivity contribution in [3.05, 3.63) is 70.2 Å². The van der Waals surface area contributed by atoms with E-state index < -0.39 is 0 Å². The van der Waals surface area contributed by atoms with E-state index in [-0.39, 0.29) is 5.91 Å². The molecule has 1 amide bonds. The Hall–Kier alpha value is -1.26. The normalized spacial score (nSPS) is 15.3. The van der Waals surface area contributed by atoms with Gasteiger partial charge in [0.25, 0.3) is 0 Å². The number of carbonyl (C=O) groups is 1. The number of likely N-dealkylation sites (tertiary alicyclic amines) is 1. The lowest BCUT2D eigenvalue weighted by molar-refractivity contribution is -0.129. The van der Waals surface area contributed by atoms with Crippen LogP contribution in [0.5, 0.6) is 0 Å². The Balaban J connectivity index is 1.39. The van der Waals surface area contributed by atoms with Crippen LogP contribution in [0.15, 0.2) is 59.1 Å². The van der Waals surface area contributed by atoms with Crippen LogP contribution < -0.4 is 0 Å². The summed E-state index contributed by atoms with van der Waals surface area (Å²) in [5.41, 5.74) is 2.66. The van der Waals surface area contributed by atoms with Crippen molar-refractivity contribution in [1.29, 1.82) is 0 Å². The quantitative estimate of drug-likeness (QED) is 0.646. The smallest absolute Gasteiger partial charge is 0.232 e. The van der Waals surface area contributed by atoms with Crippen LogP contribution >= 0.6 is 27.7 Å². The van der Waals surface area contributed by atoms with Crippen LogP contribution in [-0.4, -0.2) is 29.6 Å². The number of amides is 1. The fourth-order valence-corrected chi connectivity index (χ4v) is 4.83. The van der Waals surface area contributed by atoms with E-state index >= 15 is 0 Å². The van der Waals surface area contributed by atoms with E-state index in [4.69, 9.17) is 0 Å². The molecule has 0 radical (unpaired) electrons. The summed E-state index contributed by atoms with van der Waals surface area (Å²) in [7, 11) is 0. The third kappa shape index (κ3) is 5.61. The van der Waals surface area contributed by atoms with Gasteiger partial charge in [0.2, 0.25) is 5.91 Å². The zero-order valence-electron chi connectivity index (χ0n) is 14.4. The molecule has 4 heteroatoms. The highest BCUT2D eigenvalue weighted by Crippen LogP contribution is 2.24. The lowest BCUT2D eigenvalue weighted by Crippen LogP contribution is -2.39. The molecule has 0 saturated carbocycles. The maximum atomic E-state index is 12.4. The van der Waals surface area contributed by atoms with Crippen molar-refractivity contribution in [2.24, 2.45) is 5.92 Å². The first-order valence-corrected chi connectivity index (χ1v) is 10.8.